The first kappa shape index (κ1) is 14.2. The van der Waals surface area contributed by atoms with Crippen molar-refractivity contribution < 1.29 is 24.5 Å². The summed E-state index contributed by atoms with van der Waals surface area (Å²) in [5.74, 6) is -2.26. The van der Waals surface area contributed by atoms with E-state index in [1.807, 2.05) is 0 Å². The molecule has 0 saturated carbocycles. The largest absolute Gasteiger partial charge is 0.478 e. The van der Waals surface area contributed by atoms with Crippen LogP contribution in [0.25, 0.3) is 5.69 Å². The molecule has 2 heterocycles. The molecule has 8 nitrogen and oxygen atoms in total. The highest BCUT2D eigenvalue weighted by Crippen LogP contribution is 2.31. The van der Waals surface area contributed by atoms with Crippen LogP contribution in [-0.4, -0.2) is 43.8 Å². The summed E-state index contributed by atoms with van der Waals surface area (Å²) >= 11 is 0. The fourth-order valence-electron chi connectivity index (χ4n) is 2.49. The summed E-state index contributed by atoms with van der Waals surface area (Å²) < 4.78 is 6.89. The first-order chi connectivity index (χ1) is 10.6. The minimum Gasteiger partial charge on any atom is -0.478 e. The highest BCUT2D eigenvalue weighted by Gasteiger charge is 2.30. The van der Waals surface area contributed by atoms with E-state index in [0.29, 0.717) is 24.4 Å². The monoisotopic (exact) mass is 303 g/mol. The van der Waals surface area contributed by atoms with E-state index in [0.717, 1.165) is 6.42 Å². The van der Waals surface area contributed by atoms with Gasteiger partial charge in [-0.1, -0.05) is 11.3 Å². The molecule has 2 aromatic rings. The average molecular weight is 303 g/mol. The van der Waals surface area contributed by atoms with Gasteiger partial charge in [0.05, 0.1) is 11.3 Å². The Balaban J connectivity index is 2.12. The maximum absolute atomic E-state index is 11.3. The zero-order chi connectivity index (χ0) is 15.7. The Kier molecular flexibility index (Phi) is 3.60. The molecule has 1 aliphatic heterocycles. The molecule has 0 amide bonds. The minimum atomic E-state index is -1.19. The molecule has 1 aromatic carbocycles. The van der Waals surface area contributed by atoms with E-state index < -0.39 is 18.0 Å². The highest BCUT2D eigenvalue weighted by molar-refractivity contribution is 5.88. The molecule has 0 aliphatic carbocycles. The number of nitrogens with zero attached hydrogens (tertiary/aromatic N) is 3. The van der Waals surface area contributed by atoms with E-state index in [-0.39, 0.29) is 11.3 Å². The van der Waals surface area contributed by atoms with Gasteiger partial charge in [0.25, 0.3) is 0 Å². The Labute approximate surface area is 124 Å². The zero-order valence-corrected chi connectivity index (χ0v) is 11.5. The minimum absolute atomic E-state index is 0.0863. The van der Waals surface area contributed by atoms with Gasteiger partial charge in [-0.2, -0.15) is 0 Å². The zero-order valence-electron chi connectivity index (χ0n) is 11.5. The van der Waals surface area contributed by atoms with Crippen LogP contribution in [0.3, 0.4) is 0 Å². The fraction of sp³-hybridized carbons (Fsp3) is 0.286. The van der Waals surface area contributed by atoms with Crippen molar-refractivity contribution in [3.8, 4) is 5.69 Å². The van der Waals surface area contributed by atoms with E-state index >= 15 is 0 Å². The normalized spacial score (nSPS) is 17.5. The number of ether oxygens (including phenoxy) is 1. The topological polar surface area (TPSA) is 115 Å². The standard InChI is InChI=1S/C14H13N3O5/c18-13(19)8-3-1-4-9(7-8)17-12(10-5-2-6-22-10)11(14(20)21)15-16-17/h1,3-4,7,10H,2,5-6H2,(H,18,19)(H,20,21). The molecule has 3 rings (SSSR count). The predicted molar refractivity (Wildman–Crippen MR) is 73.2 cm³/mol. The van der Waals surface area contributed by atoms with Crippen LogP contribution >= 0.6 is 0 Å². The fourth-order valence-corrected chi connectivity index (χ4v) is 2.49. The Morgan fingerprint density at radius 3 is 2.73 bits per heavy atom. The molecule has 0 bridgehead atoms. The van der Waals surface area contributed by atoms with Crippen molar-refractivity contribution in [1.82, 2.24) is 15.0 Å². The van der Waals surface area contributed by atoms with Crippen molar-refractivity contribution in [2.75, 3.05) is 6.61 Å². The van der Waals surface area contributed by atoms with Crippen molar-refractivity contribution >= 4 is 11.9 Å². The van der Waals surface area contributed by atoms with Gasteiger partial charge in [-0.15, -0.1) is 5.10 Å². The molecule has 1 atom stereocenters. The van der Waals surface area contributed by atoms with Gasteiger partial charge in [0, 0.05) is 6.61 Å². The van der Waals surface area contributed by atoms with Crippen molar-refractivity contribution in [3.63, 3.8) is 0 Å². The van der Waals surface area contributed by atoms with E-state index in [4.69, 9.17) is 9.84 Å². The Morgan fingerprint density at radius 1 is 1.27 bits per heavy atom. The summed E-state index contributed by atoms with van der Waals surface area (Å²) in [6, 6.07) is 6.08. The quantitative estimate of drug-likeness (QED) is 0.879. The van der Waals surface area contributed by atoms with E-state index in [1.54, 1.807) is 12.1 Å². The lowest BCUT2D eigenvalue weighted by Crippen LogP contribution is -2.12. The molecule has 8 heteroatoms. The summed E-state index contributed by atoms with van der Waals surface area (Å²) in [5, 5.41) is 25.9. The molecule has 2 N–H and O–H groups in total. The smallest absolute Gasteiger partial charge is 0.358 e. The Hall–Kier alpha value is -2.74. The van der Waals surface area contributed by atoms with Gasteiger partial charge in [0.15, 0.2) is 5.69 Å². The van der Waals surface area contributed by atoms with Gasteiger partial charge < -0.3 is 14.9 Å². The van der Waals surface area contributed by atoms with Crippen molar-refractivity contribution in [2.24, 2.45) is 0 Å². The van der Waals surface area contributed by atoms with Crippen LogP contribution < -0.4 is 0 Å². The number of rotatable bonds is 4. The van der Waals surface area contributed by atoms with Crippen LogP contribution in [0.4, 0.5) is 0 Å². The highest BCUT2D eigenvalue weighted by atomic mass is 16.5. The van der Waals surface area contributed by atoms with Gasteiger partial charge in [0.1, 0.15) is 11.8 Å². The number of hydrogen-bond donors (Lipinski definition) is 2. The van der Waals surface area contributed by atoms with Crippen molar-refractivity contribution in [3.05, 3.63) is 41.2 Å². The summed E-state index contributed by atoms with van der Waals surface area (Å²) in [6.45, 7) is 0.546. The summed E-state index contributed by atoms with van der Waals surface area (Å²) in [7, 11) is 0. The molecule has 1 saturated heterocycles. The molecule has 1 aliphatic rings. The van der Waals surface area contributed by atoms with Crippen LogP contribution in [0.15, 0.2) is 24.3 Å². The second kappa shape index (κ2) is 5.57. The van der Waals surface area contributed by atoms with Crippen LogP contribution in [0.5, 0.6) is 0 Å². The van der Waals surface area contributed by atoms with Gasteiger partial charge in [-0.05, 0) is 31.0 Å². The predicted octanol–water partition coefficient (Wildman–Crippen LogP) is 1.52. The number of carboxylic acids is 2. The SMILES string of the molecule is O=C(O)c1cccc(-n2nnc(C(=O)O)c2C2CCCO2)c1. The van der Waals surface area contributed by atoms with E-state index in [9.17, 15) is 14.7 Å². The third-order valence-corrected chi connectivity index (χ3v) is 3.48. The molecular formula is C14H13N3O5. The Morgan fingerprint density at radius 2 is 2.09 bits per heavy atom. The third-order valence-electron chi connectivity index (χ3n) is 3.48. The van der Waals surface area contributed by atoms with Crippen LogP contribution in [0.2, 0.25) is 0 Å². The molecule has 1 unspecified atom stereocenters. The lowest BCUT2D eigenvalue weighted by Gasteiger charge is -2.13. The molecule has 22 heavy (non-hydrogen) atoms. The molecule has 0 spiro atoms. The summed E-state index contributed by atoms with van der Waals surface area (Å²) in [6.07, 6.45) is 1.09. The molecule has 114 valence electrons. The van der Waals surface area contributed by atoms with E-state index in [2.05, 4.69) is 10.3 Å². The number of hydrogen-bond acceptors (Lipinski definition) is 5. The summed E-state index contributed by atoms with van der Waals surface area (Å²) in [5.41, 5.74) is 0.689. The second-order valence-electron chi connectivity index (χ2n) is 4.90. The second-order valence-corrected chi connectivity index (χ2v) is 4.90. The van der Waals surface area contributed by atoms with Gasteiger partial charge in [-0.3, -0.25) is 0 Å². The maximum atomic E-state index is 11.3. The van der Waals surface area contributed by atoms with Crippen LogP contribution in [-0.2, 0) is 4.74 Å². The van der Waals surface area contributed by atoms with Gasteiger partial charge in [0.2, 0.25) is 0 Å². The van der Waals surface area contributed by atoms with Gasteiger partial charge >= 0.3 is 11.9 Å². The first-order valence-corrected chi connectivity index (χ1v) is 6.72. The number of aromatic nitrogens is 3. The molecular weight excluding hydrogens is 290 g/mol. The number of benzene rings is 1. The van der Waals surface area contributed by atoms with Crippen LogP contribution in [0, 0.1) is 0 Å². The third kappa shape index (κ3) is 2.44. The molecule has 1 fully saturated rings. The lowest BCUT2D eigenvalue weighted by atomic mass is 10.1. The number of carbonyl (C=O) groups is 2. The van der Waals surface area contributed by atoms with Crippen molar-refractivity contribution in [2.45, 2.75) is 18.9 Å². The Bertz CT molecular complexity index is 734. The van der Waals surface area contributed by atoms with Crippen molar-refractivity contribution in [1.29, 1.82) is 0 Å². The molecule has 0 radical (unpaired) electrons. The molecule has 1 aromatic heterocycles. The first-order valence-electron chi connectivity index (χ1n) is 6.72. The maximum Gasteiger partial charge on any atom is 0.358 e. The number of carboxylic acid groups (broad SMARTS) is 2. The van der Waals surface area contributed by atoms with E-state index in [1.165, 1.54) is 16.8 Å². The lowest BCUT2D eigenvalue weighted by molar-refractivity contribution is 0.0669. The summed E-state index contributed by atoms with van der Waals surface area (Å²) in [4.78, 5) is 22.4. The number of aromatic carboxylic acids is 2. The van der Waals surface area contributed by atoms with Crippen LogP contribution in [0.1, 0.15) is 45.5 Å². The van der Waals surface area contributed by atoms with Gasteiger partial charge in [-0.25, -0.2) is 14.3 Å². The average Bonchev–Trinajstić information content (AvgIpc) is 3.16.